The largest absolute Gasteiger partial charge is 0.391 e. The minimum absolute atomic E-state index is 0.0374. The topological polar surface area (TPSA) is 75.4 Å². The first-order chi connectivity index (χ1) is 6.25. The van der Waals surface area contributed by atoms with Crippen LogP contribution >= 0.6 is 0 Å². The lowest BCUT2D eigenvalue weighted by Crippen LogP contribution is -2.51. The van der Waals surface area contributed by atoms with Gasteiger partial charge in [-0.2, -0.15) is 0 Å². The smallest absolute Gasteiger partial charge is 0.220 e. The molecule has 0 rings (SSSR count). The molecule has 4 N–H and O–H groups in total. The Balaban J connectivity index is 3.94. The van der Waals surface area contributed by atoms with Crippen LogP contribution in [0.25, 0.3) is 0 Å². The fraction of sp³-hybridized carbons (Fsp3) is 0.900. The second-order valence-electron chi connectivity index (χ2n) is 4.46. The van der Waals surface area contributed by atoms with Crippen LogP contribution in [0.4, 0.5) is 0 Å². The van der Waals surface area contributed by atoms with Crippen LogP contribution in [0.15, 0.2) is 0 Å². The van der Waals surface area contributed by atoms with E-state index in [9.17, 15) is 9.90 Å². The van der Waals surface area contributed by atoms with Gasteiger partial charge in [0, 0.05) is 12.5 Å². The van der Waals surface area contributed by atoms with Crippen LogP contribution in [-0.4, -0.2) is 28.7 Å². The maximum absolute atomic E-state index is 11.4. The highest BCUT2D eigenvalue weighted by atomic mass is 16.3. The van der Waals surface area contributed by atoms with E-state index in [-0.39, 0.29) is 11.9 Å². The third-order valence-electron chi connectivity index (χ3n) is 2.33. The zero-order chi connectivity index (χ0) is 11.4. The molecule has 2 unspecified atom stereocenters. The number of carbonyl (C=O) groups excluding carboxylic acids is 1. The molecule has 84 valence electrons. The molecule has 2 atom stereocenters. The Morgan fingerprint density at radius 3 is 2.36 bits per heavy atom. The molecule has 4 nitrogen and oxygen atoms in total. The molecule has 0 heterocycles. The van der Waals surface area contributed by atoms with E-state index in [0.29, 0.717) is 12.8 Å². The molecule has 0 saturated heterocycles. The number of amides is 1. The molecule has 0 saturated carbocycles. The summed E-state index contributed by atoms with van der Waals surface area (Å²) in [5.41, 5.74) is 4.96. The molecule has 4 heteroatoms. The molecule has 0 radical (unpaired) electrons. The van der Waals surface area contributed by atoms with Gasteiger partial charge in [-0.05, 0) is 34.1 Å². The van der Waals surface area contributed by atoms with Gasteiger partial charge in [-0.25, -0.2) is 0 Å². The summed E-state index contributed by atoms with van der Waals surface area (Å²) in [4.78, 5) is 11.4. The summed E-state index contributed by atoms with van der Waals surface area (Å²) in [5.74, 6) is -0.0619. The quantitative estimate of drug-likeness (QED) is 0.603. The number of rotatable bonds is 5. The van der Waals surface area contributed by atoms with Crippen molar-refractivity contribution >= 4 is 5.91 Å². The first kappa shape index (κ1) is 13.4. The second-order valence-corrected chi connectivity index (χ2v) is 4.46. The van der Waals surface area contributed by atoms with Crippen molar-refractivity contribution in [1.82, 2.24) is 5.32 Å². The lowest BCUT2D eigenvalue weighted by atomic mass is 9.98. The molecule has 0 fully saturated rings. The number of nitrogens with two attached hydrogens (primary N) is 1. The molecule has 0 spiro atoms. The zero-order valence-corrected chi connectivity index (χ0v) is 9.50. The highest BCUT2D eigenvalue weighted by Gasteiger charge is 2.25. The highest BCUT2D eigenvalue weighted by Crippen LogP contribution is 2.08. The molecule has 0 aromatic heterocycles. The van der Waals surface area contributed by atoms with Gasteiger partial charge in [0.25, 0.3) is 0 Å². The van der Waals surface area contributed by atoms with Crippen LogP contribution in [0.5, 0.6) is 0 Å². The molecular weight excluding hydrogens is 180 g/mol. The SMILES string of the molecule is CC(N)CCC(=O)NC(C)(C)C(C)O. The molecule has 1 amide bonds. The van der Waals surface area contributed by atoms with Gasteiger partial charge < -0.3 is 16.2 Å². The van der Waals surface area contributed by atoms with E-state index in [1.54, 1.807) is 20.8 Å². The lowest BCUT2D eigenvalue weighted by molar-refractivity contribution is -0.124. The van der Waals surface area contributed by atoms with E-state index in [0.717, 1.165) is 0 Å². The molecule has 0 aromatic rings. The van der Waals surface area contributed by atoms with Crippen LogP contribution < -0.4 is 11.1 Å². The third-order valence-corrected chi connectivity index (χ3v) is 2.33. The Kier molecular flexibility index (Phi) is 5.08. The van der Waals surface area contributed by atoms with E-state index in [2.05, 4.69) is 5.32 Å². The lowest BCUT2D eigenvalue weighted by Gasteiger charge is -2.29. The average Bonchev–Trinajstić information content (AvgIpc) is 1.99. The van der Waals surface area contributed by atoms with Gasteiger partial charge in [-0.3, -0.25) is 4.79 Å². The number of aliphatic hydroxyl groups is 1. The summed E-state index contributed by atoms with van der Waals surface area (Å²) >= 11 is 0. The maximum Gasteiger partial charge on any atom is 0.220 e. The summed E-state index contributed by atoms with van der Waals surface area (Å²) in [6, 6.07) is 0.0374. The molecule has 0 aliphatic rings. The first-order valence-electron chi connectivity index (χ1n) is 5.00. The van der Waals surface area contributed by atoms with Crippen LogP contribution in [0.2, 0.25) is 0 Å². The number of aliphatic hydroxyl groups excluding tert-OH is 1. The Bertz CT molecular complexity index is 189. The van der Waals surface area contributed by atoms with Crippen molar-refractivity contribution in [1.29, 1.82) is 0 Å². The Labute approximate surface area is 85.9 Å². The minimum atomic E-state index is -0.574. The van der Waals surface area contributed by atoms with E-state index >= 15 is 0 Å². The number of hydrogen-bond donors (Lipinski definition) is 3. The van der Waals surface area contributed by atoms with Crippen molar-refractivity contribution in [3.8, 4) is 0 Å². The molecule has 0 aromatic carbocycles. The van der Waals surface area contributed by atoms with E-state index in [1.165, 1.54) is 0 Å². The summed E-state index contributed by atoms with van der Waals surface area (Å²) in [5, 5.41) is 12.1. The number of carbonyl (C=O) groups is 1. The van der Waals surface area contributed by atoms with Crippen molar-refractivity contribution in [2.24, 2.45) is 5.73 Å². The normalized spacial score (nSPS) is 16.1. The van der Waals surface area contributed by atoms with Gasteiger partial charge in [-0.15, -0.1) is 0 Å². The van der Waals surface area contributed by atoms with Crippen LogP contribution in [-0.2, 0) is 4.79 Å². The summed E-state index contributed by atoms with van der Waals surface area (Å²) in [7, 11) is 0. The summed E-state index contributed by atoms with van der Waals surface area (Å²) in [6.45, 7) is 7.11. The van der Waals surface area contributed by atoms with E-state index in [1.807, 2.05) is 6.92 Å². The molecule has 0 bridgehead atoms. The van der Waals surface area contributed by atoms with Crippen LogP contribution in [0, 0.1) is 0 Å². The van der Waals surface area contributed by atoms with Crippen molar-refractivity contribution < 1.29 is 9.90 Å². The van der Waals surface area contributed by atoms with Crippen molar-refractivity contribution in [3.63, 3.8) is 0 Å². The molecular formula is C10H22N2O2. The van der Waals surface area contributed by atoms with Gasteiger partial charge in [0.05, 0.1) is 11.6 Å². The highest BCUT2D eigenvalue weighted by molar-refractivity contribution is 5.76. The summed E-state index contributed by atoms with van der Waals surface area (Å²) < 4.78 is 0. The Morgan fingerprint density at radius 2 is 2.00 bits per heavy atom. The van der Waals surface area contributed by atoms with Gasteiger partial charge >= 0.3 is 0 Å². The van der Waals surface area contributed by atoms with Crippen molar-refractivity contribution in [3.05, 3.63) is 0 Å². The Morgan fingerprint density at radius 1 is 1.50 bits per heavy atom. The van der Waals surface area contributed by atoms with Crippen LogP contribution in [0.3, 0.4) is 0 Å². The average molecular weight is 202 g/mol. The fourth-order valence-electron chi connectivity index (χ4n) is 0.885. The first-order valence-corrected chi connectivity index (χ1v) is 5.00. The van der Waals surface area contributed by atoms with Crippen molar-refractivity contribution in [2.45, 2.75) is 58.2 Å². The van der Waals surface area contributed by atoms with Crippen molar-refractivity contribution in [2.75, 3.05) is 0 Å². The van der Waals surface area contributed by atoms with Gasteiger partial charge in [-0.1, -0.05) is 0 Å². The number of hydrogen-bond acceptors (Lipinski definition) is 3. The second kappa shape index (κ2) is 5.32. The Hall–Kier alpha value is -0.610. The van der Waals surface area contributed by atoms with Gasteiger partial charge in [0.1, 0.15) is 0 Å². The molecule has 0 aliphatic carbocycles. The summed E-state index contributed by atoms with van der Waals surface area (Å²) in [6.07, 6.45) is 0.511. The standard InChI is InChI=1S/C10H22N2O2/c1-7(11)5-6-9(14)12-10(3,4)8(2)13/h7-8,13H,5-6,11H2,1-4H3,(H,12,14). The van der Waals surface area contributed by atoms with E-state index in [4.69, 9.17) is 5.73 Å². The molecule has 0 aliphatic heterocycles. The van der Waals surface area contributed by atoms with Gasteiger partial charge in [0.15, 0.2) is 0 Å². The predicted octanol–water partition coefficient (Wildman–Crippen LogP) is 0.389. The van der Waals surface area contributed by atoms with E-state index < -0.39 is 11.6 Å². The zero-order valence-electron chi connectivity index (χ0n) is 9.50. The fourth-order valence-corrected chi connectivity index (χ4v) is 0.885. The van der Waals surface area contributed by atoms with Crippen LogP contribution in [0.1, 0.15) is 40.5 Å². The van der Waals surface area contributed by atoms with Gasteiger partial charge in [0.2, 0.25) is 5.91 Å². The third kappa shape index (κ3) is 5.19. The maximum atomic E-state index is 11.4. The minimum Gasteiger partial charge on any atom is -0.391 e. The predicted molar refractivity (Wildman–Crippen MR) is 56.8 cm³/mol. The monoisotopic (exact) mass is 202 g/mol. The molecule has 14 heavy (non-hydrogen) atoms. The number of nitrogens with one attached hydrogen (secondary N) is 1.